The SMILES string of the molecule is COc1ccc(N)cc1CNc1ccc(C#N)c(Br)c1. The summed E-state index contributed by atoms with van der Waals surface area (Å²) in [7, 11) is 1.63. The van der Waals surface area contributed by atoms with E-state index >= 15 is 0 Å². The number of methoxy groups -OCH3 is 1. The van der Waals surface area contributed by atoms with Crippen LogP contribution in [0.1, 0.15) is 11.1 Å². The number of nitrogens with zero attached hydrogens (tertiary/aromatic N) is 1. The minimum atomic E-state index is 0.590. The van der Waals surface area contributed by atoms with Crippen LogP contribution in [0.5, 0.6) is 5.75 Å². The van der Waals surface area contributed by atoms with E-state index in [0.717, 1.165) is 21.5 Å². The first-order valence-corrected chi connectivity index (χ1v) is 6.79. The quantitative estimate of drug-likeness (QED) is 0.841. The summed E-state index contributed by atoms with van der Waals surface area (Å²) in [6.45, 7) is 0.590. The number of nitrogen functional groups attached to an aromatic ring is 1. The van der Waals surface area contributed by atoms with E-state index in [0.29, 0.717) is 17.8 Å². The number of anilines is 2. The maximum Gasteiger partial charge on any atom is 0.123 e. The molecule has 0 aliphatic heterocycles. The number of benzene rings is 2. The standard InChI is InChI=1S/C15H14BrN3O/c1-20-15-5-3-12(18)6-11(15)9-19-13-4-2-10(8-17)14(16)7-13/h2-7,19H,9,18H2,1H3. The predicted molar refractivity (Wildman–Crippen MR) is 83.6 cm³/mol. The van der Waals surface area contributed by atoms with Crippen molar-refractivity contribution in [2.75, 3.05) is 18.2 Å². The van der Waals surface area contributed by atoms with E-state index in [1.54, 1.807) is 19.2 Å². The minimum Gasteiger partial charge on any atom is -0.496 e. The van der Waals surface area contributed by atoms with Gasteiger partial charge < -0.3 is 15.8 Å². The molecule has 0 saturated carbocycles. The van der Waals surface area contributed by atoms with Gasteiger partial charge in [0.15, 0.2) is 0 Å². The van der Waals surface area contributed by atoms with Crippen LogP contribution in [0.2, 0.25) is 0 Å². The maximum absolute atomic E-state index is 8.89. The monoisotopic (exact) mass is 331 g/mol. The molecule has 0 amide bonds. The Kier molecular flexibility index (Phi) is 4.49. The molecule has 0 fully saturated rings. The van der Waals surface area contributed by atoms with Crippen LogP contribution < -0.4 is 15.8 Å². The Morgan fingerprint density at radius 3 is 2.75 bits per heavy atom. The van der Waals surface area contributed by atoms with Gasteiger partial charge in [0.05, 0.1) is 12.7 Å². The smallest absolute Gasteiger partial charge is 0.123 e. The van der Waals surface area contributed by atoms with Crippen molar-refractivity contribution in [1.82, 2.24) is 0 Å². The van der Waals surface area contributed by atoms with Gasteiger partial charge in [0.25, 0.3) is 0 Å². The Hall–Kier alpha value is -2.19. The van der Waals surface area contributed by atoms with Crippen LogP contribution in [0.4, 0.5) is 11.4 Å². The fourth-order valence-corrected chi connectivity index (χ4v) is 2.32. The molecule has 2 rings (SSSR count). The van der Waals surface area contributed by atoms with E-state index in [1.807, 2.05) is 24.3 Å². The second-order valence-electron chi connectivity index (χ2n) is 4.23. The molecule has 4 nitrogen and oxygen atoms in total. The Bertz CT molecular complexity index is 665. The van der Waals surface area contributed by atoms with Gasteiger partial charge in [0, 0.05) is 28.0 Å². The Morgan fingerprint density at radius 1 is 1.30 bits per heavy atom. The number of nitrogens with one attached hydrogen (secondary N) is 1. The zero-order valence-electron chi connectivity index (χ0n) is 11.0. The lowest BCUT2D eigenvalue weighted by Gasteiger charge is -2.12. The van der Waals surface area contributed by atoms with Gasteiger partial charge in [0.2, 0.25) is 0 Å². The van der Waals surface area contributed by atoms with E-state index in [1.165, 1.54) is 0 Å². The zero-order valence-corrected chi connectivity index (χ0v) is 12.6. The fraction of sp³-hybridized carbons (Fsp3) is 0.133. The van der Waals surface area contributed by atoms with Gasteiger partial charge >= 0.3 is 0 Å². The summed E-state index contributed by atoms with van der Waals surface area (Å²) in [4.78, 5) is 0. The first kappa shape index (κ1) is 14.2. The minimum absolute atomic E-state index is 0.590. The van der Waals surface area contributed by atoms with Crippen molar-refractivity contribution < 1.29 is 4.74 Å². The molecule has 102 valence electrons. The molecule has 2 aromatic carbocycles. The molecule has 0 aliphatic rings. The average molecular weight is 332 g/mol. The molecule has 2 aromatic rings. The third-order valence-electron chi connectivity index (χ3n) is 2.88. The average Bonchev–Trinajstić information content (AvgIpc) is 2.45. The maximum atomic E-state index is 8.89. The summed E-state index contributed by atoms with van der Waals surface area (Å²) < 4.78 is 6.07. The third-order valence-corrected chi connectivity index (χ3v) is 3.53. The summed E-state index contributed by atoms with van der Waals surface area (Å²) in [6, 6.07) is 13.1. The molecule has 0 aromatic heterocycles. The highest BCUT2D eigenvalue weighted by molar-refractivity contribution is 9.10. The summed E-state index contributed by atoms with van der Waals surface area (Å²) in [5.74, 6) is 0.791. The highest BCUT2D eigenvalue weighted by Gasteiger charge is 2.05. The van der Waals surface area contributed by atoms with Crippen molar-refractivity contribution in [2.24, 2.45) is 0 Å². The van der Waals surface area contributed by atoms with Crippen molar-refractivity contribution in [2.45, 2.75) is 6.54 Å². The molecule has 0 atom stereocenters. The first-order valence-electron chi connectivity index (χ1n) is 6.00. The molecule has 0 heterocycles. The van der Waals surface area contributed by atoms with Gasteiger partial charge in [-0.05, 0) is 52.3 Å². The number of nitrogens with two attached hydrogens (primary N) is 1. The first-order chi connectivity index (χ1) is 9.63. The second-order valence-corrected chi connectivity index (χ2v) is 5.09. The molecule has 0 aliphatic carbocycles. The summed E-state index contributed by atoms with van der Waals surface area (Å²) in [5.41, 5.74) is 8.99. The topological polar surface area (TPSA) is 71.1 Å². The van der Waals surface area contributed by atoms with Gasteiger partial charge in [-0.2, -0.15) is 5.26 Å². The summed E-state index contributed by atoms with van der Waals surface area (Å²) >= 11 is 3.37. The Balaban J connectivity index is 2.15. The van der Waals surface area contributed by atoms with Crippen LogP contribution in [0, 0.1) is 11.3 Å². The fourth-order valence-electron chi connectivity index (χ4n) is 1.85. The molecule has 0 unspecified atom stereocenters. The summed E-state index contributed by atoms with van der Waals surface area (Å²) in [5, 5.41) is 12.2. The highest BCUT2D eigenvalue weighted by Crippen LogP contribution is 2.24. The molecule has 0 bridgehead atoms. The lowest BCUT2D eigenvalue weighted by Crippen LogP contribution is -2.03. The lowest BCUT2D eigenvalue weighted by atomic mass is 10.1. The molecule has 0 radical (unpaired) electrons. The number of hydrogen-bond donors (Lipinski definition) is 2. The van der Waals surface area contributed by atoms with E-state index in [9.17, 15) is 0 Å². The zero-order chi connectivity index (χ0) is 14.5. The largest absolute Gasteiger partial charge is 0.496 e. The van der Waals surface area contributed by atoms with Crippen molar-refractivity contribution >= 4 is 27.3 Å². The van der Waals surface area contributed by atoms with E-state index < -0.39 is 0 Å². The van der Waals surface area contributed by atoms with Gasteiger partial charge in [0.1, 0.15) is 11.8 Å². The molecule has 3 N–H and O–H groups in total. The van der Waals surface area contributed by atoms with Crippen molar-refractivity contribution in [3.05, 3.63) is 52.0 Å². The Morgan fingerprint density at radius 2 is 2.10 bits per heavy atom. The summed E-state index contributed by atoms with van der Waals surface area (Å²) in [6.07, 6.45) is 0. The number of halogens is 1. The van der Waals surface area contributed by atoms with E-state index in [4.69, 9.17) is 15.7 Å². The van der Waals surface area contributed by atoms with Gasteiger partial charge in [-0.3, -0.25) is 0 Å². The van der Waals surface area contributed by atoms with Crippen LogP contribution in [-0.4, -0.2) is 7.11 Å². The molecular formula is C15H14BrN3O. The van der Waals surface area contributed by atoms with Crippen LogP contribution >= 0.6 is 15.9 Å². The van der Waals surface area contributed by atoms with E-state index in [2.05, 4.69) is 27.3 Å². The number of ether oxygens (including phenoxy) is 1. The van der Waals surface area contributed by atoms with Crippen LogP contribution in [-0.2, 0) is 6.54 Å². The van der Waals surface area contributed by atoms with Crippen molar-refractivity contribution in [1.29, 1.82) is 5.26 Å². The molecule has 0 spiro atoms. The Labute approximate surface area is 126 Å². The number of nitriles is 1. The van der Waals surface area contributed by atoms with Gasteiger partial charge in [-0.1, -0.05) is 0 Å². The number of hydrogen-bond acceptors (Lipinski definition) is 4. The second kappa shape index (κ2) is 6.31. The molecular weight excluding hydrogens is 318 g/mol. The molecule has 5 heteroatoms. The highest BCUT2D eigenvalue weighted by atomic mass is 79.9. The van der Waals surface area contributed by atoms with Crippen molar-refractivity contribution in [3.8, 4) is 11.8 Å². The normalized spacial score (nSPS) is 9.85. The molecule has 0 saturated heterocycles. The van der Waals surface area contributed by atoms with Gasteiger partial charge in [-0.15, -0.1) is 0 Å². The molecule has 20 heavy (non-hydrogen) atoms. The van der Waals surface area contributed by atoms with Crippen LogP contribution in [0.15, 0.2) is 40.9 Å². The predicted octanol–water partition coefficient (Wildman–Crippen LogP) is 3.52. The van der Waals surface area contributed by atoms with E-state index in [-0.39, 0.29) is 0 Å². The van der Waals surface area contributed by atoms with Crippen molar-refractivity contribution in [3.63, 3.8) is 0 Å². The van der Waals surface area contributed by atoms with Crippen LogP contribution in [0.25, 0.3) is 0 Å². The third kappa shape index (κ3) is 3.22. The number of rotatable bonds is 4. The van der Waals surface area contributed by atoms with Crippen LogP contribution in [0.3, 0.4) is 0 Å². The van der Waals surface area contributed by atoms with Gasteiger partial charge in [-0.25, -0.2) is 0 Å². The lowest BCUT2D eigenvalue weighted by molar-refractivity contribution is 0.410.